The number of nitrogens with zero attached hydrogens (tertiary/aromatic N) is 1. The number of carbonyl (C=O) groups is 2. The predicted molar refractivity (Wildman–Crippen MR) is 85.2 cm³/mol. The van der Waals surface area contributed by atoms with Crippen LogP contribution in [0.25, 0.3) is 0 Å². The molecule has 24 heavy (non-hydrogen) atoms. The molecule has 7 heteroatoms. The van der Waals surface area contributed by atoms with E-state index in [-0.39, 0.29) is 43.2 Å². The number of carbonyl (C=O) groups excluding carboxylic acids is 2. The summed E-state index contributed by atoms with van der Waals surface area (Å²) >= 11 is 0. The van der Waals surface area contributed by atoms with E-state index in [9.17, 15) is 9.59 Å². The molecular formula is C17H26BNO5. The zero-order valence-electron chi connectivity index (χ0n) is 14.9. The van der Waals surface area contributed by atoms with Crippen LogP contribution in [0, 0.1) is 23.2 Å². The first-order valence-corrected chi connectivity index (χ1v) is 9.31. The lowest BCUT2D eigenvalue weighted by atomic mass is 9.43. The van der Waals surface area contributed by atoms with Crippen LogP contribution < -0.4 is 0 Å². The van der Waals surface area contributed by atoms with Crippen molar-refractivity contribution in [2.45, 2.75) is 58.7 Å². The molecule has 0 spiro atoms. The van der Waals surface area contributed by atoms with Crippen molar-refractivity contribution in [1.29, 1.82) is 0 Å². The number of fused-ring (bicyclic) bond motifs is 4. The zero-order chi connectivity index (χ0) is 17.1. The van der Waals surface area contributed by atoms with E-state index in [1.165, 1.54) is 6.42 Å². The van der Waals surface area contributed by atoms with Crippen LogP contribution in [-0.2, 0) is 23.6 Å². The van der Waals surface area contributed by atoms with Crippen molar-refractivity contribution in [1.82, 2.24) is 0 Å². The Labute approximate surface area is 142 Å². The highest BCUT2D eigenvalue weighted by molar-refractivity contribution is 6.68. The van der Waals surface area contributed by atoms with E-state index >= 15 is 0 Å². The van der Waals surface area contributed by atoms with E-state index in [4.69, 9.17) is 14.0 Å². The Hall–Kier alpha value is -1.08. The summed E-state index contributed by atoms with van der Waals surface area (Å²) in [5.41, 5.74) is 0.364. The second-order valence-electron chi connectivity index (χ2n) is 9.46. The average Bonchev–Trinajstić information content (AvgIpc) is 3.06. The summed E-state index contributed by atoms with van der Waals surface area (Å²) in [4.78, 5) is 24.6. The lowest BCUT2D eigenvalue weighted by Gasteiger charge is -2.66. The smallest absolute Gasteiger partial charge is 0.598 e. The standard InChI is InChI=1S/C17H26BNO5/c1-9-12-5-11(17(12,3)4)6-13(9)19-7-14(20)23-18(19,16-10(2)22-16)24-15(21)8-19/h9-13,16H,5-8H2,1-4H3/t9-,10?,11+,12-,13-,16-,18?,19?/m1/s1. The maximum absolute atomic E-state index is 12.3. The molecular weight excluding hydrogens is 309 g/mol. The van der Waals surface area contributed by atoms with E-state index < -0.39 is 6.69 Å². The third-order valence-corrected chi connectivity index (χ3v) is 8.31. The SMILES string of the molecule is CC1O[C@H]1[B-]12OC(=O)C[N+]1([C@@H]1C[C@@H]3C[C@H]([C@H]1C)C3(C)C)CC(=O)O2. The van der Waals surface area contributed by atoms with Crippen LogP contribution >= 0.6 is 0 Å². The number of quaternary nitrogens is 1. The monoisotopic (exact) mass is 335 g/mol. The van der Waals surface area contributed by atoms with Crippen LogP contribution in [0.1, 0.15) is 40.5 Å². The van der Waals surface area contributed by atoms with Gasteiger partial charge in [-0.2, -0.15) is 0 Å². The minimum Gasteiger partial charge on any atom is -0.598 e. The summed E-state index contributed by atoms with van der Waals surface area (Å²) in [6, 6.07) is -0.0163. The van der Waals surface area contributed by atoms with Gasteiger partial charge in [-0.15, -0.1) is 0 Å². The molecule has 0 radical (unpaired) electrons. The molecule has 0 amide bonds. The first kappa shape index (κ1) is 15.2. The van der Waals surface area contributed by atoms with Gasteiger partial charge in [-0.3, -0.25) is 9.59 Å². The molecule has 6 fully saturated rings. The largest absolute Gasteiger partial charge is 0.614 e. The second-order valence-corrected chi connectivity index (χ2v) is 9.46. The topological polar surface area (TPSA) is 65.1 Å². The molecule has 2 bridgehead atoms. The Morgan fingerprint density at radius 3 is 2.12 bits per heavy atom. The molecule has 3 aliphatic heterocycles. The van der Waals surface area contributed by atoms with Crippen LogP contribution in [-0.4, -0.2) is 54.3 Å². The van der Waals surface area contributed by atoms with Crippen molar-refractivity contribution >= 4 is 18.6 Å². The summed E-state index contributed by atoms with van der Waals surface area (Å²) in [5.74, 6) is 1.27. The van der Waals surface area contributed by atoms with Gasteiger partial charge >= 0.3 is 18.6 Å². The maximum atomic E-state index is 12.3. The summed E-state index contributed by atoms with van der Waals surface area (Å²) < 4.78 is 17.6. The fourth-order valence-electron chi connectivity index (χ4n) is 6.85. The molecule has 6 rings (SSSR count). The molecule has 3 saturated heterocycles. The van der Waals surface area contributed by atoms with Crippen molar-refractivity contribution in [3.05, 3.63) is 0 Å². The molecule has 3 aliphatic carbocycles. The van der Waals surface area contributed by atoms with Crippen molar-refractivity contribution in [2.75, 3.05) is 13.1 Å². The quantitative estimate of drug-likeness (QED) is 0.561. The average molecular weight is 335 g/mol. The highest BCUT2D eigenvalue weighted by Gasteiger charge is 2.79. The minimum absolute atomic E-state index is 0.0100. The van der Waals surface area contributed by atoms with Gasteiger partial charge in [0, 0.05) is 5.92 Å². The van der Waals surface area contributed by atoms with Gasteiger partial charge in [0.25, 0.3) is 0 Å². The van der Waals surface area contributed by atoms with Crippen LogP contribution in [0.3, 0.4) is 0 Å². The number of hydrogen-bond donors (Lipinski definition) is 0. The van der Waals surface area contributed by atoms with Crippen LogP contribution in [0.2, 0.25) is 0 Å². The lowest BCUT2D eigenvalue weighted by Crippen LogP contribution is -2.75. The summed E-state index contributed by atoms with van der Waals surface area (Å²) in [5, 5.41) is 0. The Kier molecular flexibility index (Phi) is 2.65. The van der Waals surface area contributed by atoms with E-state index in [1.807, 2.05) is 6.92 Å². The molecule has 0 aromatic rings. The third-order valence-electron chi connectivity index (χ3n) is 8.31. The predicted octanol–water partition coefficient (Wildman–Crippen LogP) is 1.25. The molecule has 6 nitrogen and oxygen atoms in total. The van der Waals surface area contributed by atoms with E-state index in [1.54, 1.807) is 0 Å². The summed E-state index contributed by atoms with van der Waals surface area (Å²) in [6.07, 6.45) is 2.30. The molecule has 0 N–H and O–H groups in total. The van der Waals surface area contributed by atoms with E-state index in [0.29, 0.717) is 27.6 Å². The molecule has 1 unspecified atom stereocenters. The Morgan fingerprint density at radius 1 is 1.08 bits per heavy atom. The lowest BCUT2D eigenvalue weighted by molar-refractivity contribution is -0.852. The van der Waals surface area contributed by atoms with Crippen molar-refractivity contribution in [2.24, 2.45) is 23.2 Å². The Bertz CT molecular complexity index is 629. The molecule has 0 aromatic heterocycles. The van der Waals surface area contributed by atoms with Gasteiger partial charge < -0.3 is 18.4 Å². The van der Waals surface area contributed by atoms with Crippen LogP contribution in [0.15, 0.2) is 0 Å². The summed E-state index contributed by atoms with van der Waals surface area (Å²) in [7, 11) is 0. The van der Waals surface area contributed by atoms with Gasteiger partial charge in [0.2, 0.25) is 0 Å². The van der Waals surface area contributed by atoms with Crippen molar-refractivity contribution in [3.63, 3.8) is 0 Å². The van der Waals surface area contributed by atoms with Crippen molar-refractivity contribution < 1.29 is 28.0 Å². The highest BCUT2D eigenvalue weighted by Crippen LogP contribution is 2.64. The van der Waals surface area contributed by atoms with Gasteiger partial charge in [-0.25, -0.2) is 0 Å². The second kappa shape index (κ2) is 4.18. The van der Waals surface area contributed by atoms with Gasteiger partial charge in [0.15, 0.2) is 0 Å². The Balaban J connectivity index is 1.58. The first-order valence-electron chi connectivity index (χ1n) is 9.31. The van der Waals surface area contributed by atoms with Crippen molar-refractivity contribution in [3.8, 4) is 0 Å². The van der Waals surface area contributed by atoms with Gasteiger partial charge in [-0.05, 0) is 37.0 Å². The minimum atomic E-state index is -2.06. The Morgan fingerprint density at radius 2 is 1.67 bits per heavy atom. The summed E-state index contributed by atoms with van der Waals surface area (Å²) in [6.45, 7) is 7.43. The fraction of sp³-hybridized carbons (Fsp3) is 0.882. The number of ether oxygens (including phenoxy) is 1. The number of epoxide rings is 1. The molecule has 3 heterocycles. The third kappa shape index (κ3) is 1.52. The highest BCUT2D eigenvalue weighted by atomic mass is 16.7. The van der Waals surface area contributed by atoms with Gasteiger partial charge in [0.05, 0.1) is 12.1 Å². The molecule has 132 valence electrons. The number of hydrogen-bond acceptors (Lipinski definition) is 5. The van der Waals surface area contributed by atoms with Crippen LogP contribution in [0.4, 0.5) is 0 Å². The molecule has 6 atom stereocenters. The van der Waals surface area contributed by atoms with E-state index in [2.05, 4.69) is 20.8 Å². The maximum Gasteiger partial charge on any atom is 0.614 e. The first-order chi connectivity index (χ1) is 11.2. The number of rotatable bonds is 2. The van der Waals surface area contributed by atoms with Gasteiger partial charge in [-0.1, -0.05) is 20.8 Å². The normalized spacial score (nSPS) is 57.0. The van der Waals surface area contributed by atoms with Gasteiger partial charge in [0.1, 0.15) is 19.1 Å². The van der Waals surface area contributed by atoms with Crippen LogP contribution in [0.5, 0.6) is 0 Å². The van der Waals surface area contributed by atoms with E-state index in [0.717, 1.165) is 6.42 Å². The molecule has 0 aromatic carbocycles. The fourth-order valence-corrected chi connectivity index (χ4v) is 6.85. The molecule has 3 saturated carbocycles. The molecule has 6 aliphatic rings. The zero-order valence-corrected chi connectivity index (χ0v) is 14.9.